The molecule has 158 valence electrons. The SMILES string of the molecule is CCc1cc(=O)oc2c(CNC3CCN(Cc4ccccc4)CC3)c(O)c(Cl)cc12. The zero-order valence-electron chi connectivity index (χ0n) is 17.2. The highest BCUT2D eigenvalue weighted by Crippen LogP contribution is 2.35. The van der Waals surface area contributed by atoms with E-state index in [1.807, 2.05) is 13.0 Å². The number of benzene rings is 2. The van der Waals surface area contributed by atoms with Crippen LogP contribution < -0.4 is 10.9 Å². The van der Waals surface area contributed by atoms with E-state index < -0.39 is 5.63 Å². The molecule has 0 saturated carbocycles. The summed E-state index contributed by atoms with van der Waals surface area (Å²) in [6, 6.07) is 14.0. The van der Waals surface area contributed by atoms with Crippen molar-refractivity contribution >= 4 is 22.6 Å². The van der Waals surface area contributed by atoms with Gasteiger partial charge in [0.1, 0.15) is 11.3 Å². The molecule has 6 heteroatoms. The normalized spacial score (nSPS) is 15.7. The van der Waals surface area contributed by atoms with E-state index in [1.165, 1.54) is 11.6 Å². The fraction of sp³-hybridized carbons (Fsp3) is 0.375. The first-order valence-electron chi connectivity index (χ1n) is 10.5. The lowest BCUT2D eigenvalue weighted by molar-refractivity contribution is 0.190. The fourth-order valence-electron chi connectivity index (χ4n) is 4.22. The standard InChI is InChI=1S/C24H27ClN2O3/c1-2-17-12-22(28)30-24-19(17)13-21(25)23(29)20(24)14-26-18-8-10-27(11-9-18)15-16-6-4-3-5-7-16/h3-7,12-13,18,26,29H,2,8-11,14-15H2,1H3. The Balaban J connectivity index is 1.45. The molecule has 0 bridgehead atoms. The molecule has 4 rings (SSSR count). The molecule has 2 N–H and O–H groups in total. The summed E-state index contributed by atoms with van der Waals surface area (Å²) in [4.78, 5) is 14.5. The zero-order chi connectivity index (χ0) is 21.1. The number of rotatable bonds is 6. The largest absolute Gasteiger partial charge is 0.506 e. The molecular weight excluding hydrogens is 400 g/mol. The molecule has 30 heavy (non-hydrogen) atoms. The van der Waals surface area contributed by atoms with Gasteiger partial charge in [0, 0.05) is 30.6 Å². The van der Waals surface area contributed by atoms with E-state index in [4.69, 9.17) is 16.0 Å². The number of phenolic OH excluding ortho intramolecular Hbond substituents is 1. The van der Waals surface area contributed by atoms with Crippen LogP contribution in [0.25, 0.3) is 11.0 Å². The Kier molecular flexibility index (Phi) is 6.42. The first kappa shape index (κ1) is 20.9. The number of hydrogen-bond donors (Lipinski definition) is 2. The smallest absolute Gasteiger partial charge is 0.336 e. The van der Waals surface area contributed by atoms with E-state index in [2.05, 4.69) is 34.5 Å². The highest BCUT2D eigenvalue weighted by atomic mass is 35.5. The third-order valence-corrected chi connectivity index (χ3v) is 6.22. The highest BCUT2D eigenvalue weighted by molar-refractivity contribution is 6.33. The van der Waals surface area contributed by atoms with Crippen molar-refractivity contribution in [2.24, 2.45) is 0 Å². The van der Waals surface area contributed by atoms with Gasteiger partial charge < -0.3 is 14.8 Å². The van der Waals surface area contributed by atoms with Gasteiger partial charge in [-0.25, -0.2) is 4.79 Å². The lowest BCUT2D eigenvalue weighted by Crippen LogP contribution is -2.41. The van der Waals surface area contributed by atoms with Gasteiger partial charge in [-0.3, -0.25) is 4.90 Å². The lowest BCUT2D eigenvalue weighted by atomic mass is 10.0. The Hall–Kier alpha value is -2.34. The maximum Gasteiger partial charge on any atom is 0.336 e. The van der Waals surface area contributed by atoms with Gasteiger partial charge in [-0.1, -0.05) is 48.9 Å². The number of aryl methyl sites for hydroxylation is 1. The molecule has 0 aliphatic carbocycles. The van der Waals surface area contributed by atoms with Crippen molar-refractivity contribution < 1.29 is 9.52 Å². The Morgan fingerprint density at radius 2 is 1.93 bits per heavy atom. The maximum atomic E-state index is 12.0. The van der Waals surface area contributed by atoms with Gasteiger partial charge in [0.05, 0.1) is 10.6 Å². The average Bonchev–Trinajstić information content (AvgIpc) is 2.76. The van der Waals surface area contributed by atoms with Crippen molar-refractivity contribution in [1.29, 1.82) is 0 Å². The molecule has 1 aliphatic heterocycles. The van der Waals surface area contributed by atoms with Crippen molar-refractivity contribution in [2.45, 2.75) is 45.3 Å². The maximum absolute atomic E-state index is 12.0. The Bertz CT molecular complexity index is 1070. The van der Waals surface area contributed by atoms with E-state index in [9.17, 15) is 9.90 Å². The summed E-state index contributed by atoms with van der Waals surface area (Å²) in [7, 11) is 0. The van der Waals surface area contributed by atoms with E-state index in [0.29, 0.717) is 30.2 Å². The predicted octanol–water partition coefficient (Wildman–Crippen LogP) is 4.47. The Labute approximate surface area is 181 Å². The number of hydrogen-bond acceptors (Lipinski definition) is 5. The van der Waals surface area contributed by atoms with Crippen molar-refractivity contribution in [3.05, 3.63) is 74.6 Å². The first-order chi connectivity index (χ1) is 14.5. The molecule has 0 amide bonds. The second-order valence-corrected chi connectivity index (χ2v) is 8.33. The summed E-state index contributed by atoms with van der Waals surface area (Å²) in [6.07, 6.45) is 2.74. The predicted molar refractivity (Wildman–Crippen MR) is 120 cm³/mol. The van der Waals surface area contributed by atoms with E-state index in [1.54, 1.807) is 6.07 Å². The summed E-state index contributed by atoms with van der Waals surface area (Å²) in [6.45, 7) is 5.39. The quantitative estimate of drug-likeness (QED) is 0.569. The summed E-state index contributed by atoms with van der Waals surface area (Å²) in [5, 5.41) is 15.1. The van der Waals surface area contributed by atoms with Gasteiger partial charge in [0.15, 0.2) is 0 Å². The molecule has 0 unspecified atom stereocenters. The molecule has 5 nitrogen and oxygen atoms in total. The minimum absolute atomic E-state index is 0.0189. The summed E-state index contributed by atoms with van der Waals surface area (Å²) < 4.78 is 5.47. The third kappa shape index (κ3) is 4.53. The van der Waals surface area contributed by atoms with Crippen LogP contribution in [0.1, 0.15) is 36.5 Å². The van der Waals surface area contributed by atoms with Crippen LogP contribution in [-0.2, 0) is 19.5 Å². The van der Waals surface area contributed by atoms with Gasteiger partial charge in [-0.05, 0) is 49.5 Å². The number of likely N-dealkylation sites (tertiary alicyclic amines) is 1. The van der Waals surface area contributed by atoms with Crippen LogP contribution in [0.3, 0.4) is 0 Å². The molecule has 1 saturated heterocycles. The number of phenols is 1. The minimum Gasteiger partial charge on any atom is -0.506 e. The highest BCUT2D eigenvalue weighted by Gasteiger charge is 2.21. The minimum atomic E-state index is -0.406. The van der Waals surface area contributed by atoms with Gasteiger partial charge in [-0.2, -0.15) is 0 Å². The number of halogens is 1. The molecule has 2 aromatic carbocycles. The zero-order valence-corrected chi connectivity index (χ0v) is 17.9. The van der Waals surface area contributed by atoms with E-state index >= 15 is 0 Å². The van der Waals surface area contributed by atoms with Crippen LogP contribution in [0.4, 0.5) is 0 Å². The fourth-order valence-corrected chi connectivity index (χ4v) is 4.44. The molecule has 1 fully saturated rings. The van der Waals surface area contributed by atoms with Crippen LogP contribution in [0.2, 0.25) is 5.02 Å². The molecule has 1 aliphatic rings. The van der Waals surface area contributed by atoms with Crippen LogP contribution in [0.5, 0.6) is 5.75 Å². The van der Waals surface area contributed by atoms with E-state index in [-0.39, 0.29) is 10.8 Å². The van der Waals surface area contributed by atoms with Crippen molar-refractivity contribution in [3.8, 4) is 5.75 Å². The molecular formula is C24H27ClN2O3. The number of nitrogens with zero attached hydrogens (tertiary/aromatic N) is 1. The van der Waals surface area contributed by atoms with Crippen molar-refractivity contribution in [2.75, 3.05) is 13.1 Å². The number of piperidine rings is 1. The number of nitrogens with one attached hydrogen (secondary N) is 1. The van der Waals surface area contributed by atoms with Crippen LogP contribution in [0.15, 0.2) is 51.7 Å². The lowest BCUT2D eigenvalue weighted by Gasteiger charge is -2.32. The molecule has 0 atom stereocenters. The second-order valence-electron chi connectivity index (χ2n) is 7.92. The Morgan fingerprint density at radius 3 is 2.63 bits per heavy atom. The Morgan fingerprint density at radius 1 is 1.20 bits per heavy atom. The molecule has 3 aromatic rings. The third-order valence-electron chi connectivity index (χ3n) is 5.93. The molecule has 0 spiro atoms. The van der Waals surface area contributed by atoms with Crippen LogP contribution in [-0.4, -0.2) is 29.1 Å². The first-order valence-corrected chi connectivity index (χ1v) is 10.9. The number of fused-ring (bicyclic) bond motifs is 1. The summed E-state index contributed by atoms with van der Waals surface area (Å²) >= 11 is 6.27. The summed E-state index contributed by atoms with van der Waals surface area (Å²) in [5.41, 5.74) is 2.78. The van der Waals surface area contributed by atoms with E-state index in [0.717, 1.165) is 43.4 Å². The molecule has 2 heterocycles. The number of aromatic hydroxyl groups is 1. The average molecular weight is 427 g/mol. The molecule has 1 aromatic heterocycles. The second kappa shape index (κ2) is 9.21. The molecule has 0 radical (unpaired) electrons. The van der Waals surface area contributed by atoms with Gasteiger partial charge >= 0.3 is 5.63 Å². The monoisotopic (exact) mass is 426 g/mol. The topological polar surface area (TPSA) is 65.7 Å². The van der Waals surface area contributed by atoms with Crippen LogP contribution >= 0.6 is 11.6 Å². The van der Waals surface area contributed by atoms with Gasteiger partial charge in [0.2, 0.25) is 0 Å². The van der Waals surface area contributed by atoms with Crippen molar-refractivity contribution in [1.82, 2.24) is 10.2 Å². The van der Waals surface area contributed by atoms with Gasteiger partial charge in [-0.15, -0.1) is 0 Å². The van der Waals surface area contributed by atoms with Crippen LogP contribution in [0, 0.1) is 0 Å². The van der Waals surface area contributed by atoms with Crippen molar-refractivity contribution in [3.63, 3.8) is 0 Å². The van der Waals surface area contributed by atoms with Gasteiger partial charge in [0.25, 0.3) is 0 Å². The summed E-state index contributed by atoms with van der Waals surface area (Å²) in [5.74, 6) is -0.0189.